The SMILES string of the molecule is CC(C)=CC(=O)N[C@@H](C)NC(=O)c1ccc(/C=C/C(c2cc(Cl)c(Cl)c(Cl)c2)C(F)(F)F)cc1C(F)(F)F. The number of carbonyl (C=O) groups is 2. The van der Waals surface area contributed by atoms with Gasteiger partial charge >= 0.3 is 12.4 Å². The van der Waals surface area contributed by atoms with E-state index in [4.69, 9.17) is 34.8 Å². The smallest absolute Gasteiger partial charge is 0.333 e. The molecule has 0 aliphatic rings. The van der Waals surface area contributed by atoms with Crippen molar-refractivity contribution in [2.75, 3.05) is 0 Å². The molecule has 0 fully saturated rings. The number of amides is 2. The fourth-order valence-corrected chi connectivity index (χ4v) is 3.91. The lowest BCUT2D eigenvalue weighted by Gasteiger charge is -2.19. The number of allylic oxidation sites excluding steroid dienone is 2. The number of alkyl halides is 6. The van der Waals surface area contributed by atoms with E-state index in [1.54, 1.807) is 13.8 Å². The minimum Gasteiger partial charge on any atom is -0.333 e. The van der Waals surface area contributed by atoms with E-state index in [1.165, 1.54) is 13.0 Å². The predicted octanol–water partition coefficient (Wildman–Crippen LogP) is 8.18. The molecule has 2 amide bonds. The van der Waals surface area contributed by atoms with Crippen LogP contribution in [0.2, 0.25) is 15.1 Å². The summed E-state index contributed by atoms with van der Waals surface area (Å²) in [6, 6.07) is 4.37. The standard InChI is InChI=1S/C25H21Cl3F6N2O2/c1-12(2)8-21(37)35-13(3)36-23(38)16-6-4-14(9-18(16)25(32,33)34)5-7-17(24(29,30)31)15-10-19(26)22(28)20(27)11-15/h4-11,13,17H,1-3H3,(H,35,37)(H,36,38)/b7-5+/t13-,17?/m1/s1. The molecule has 2 N–H and O–H groups in total. The van der Waals surface area contributed by atoms with Crippen LogP contribution in [0.5, 0.6) is 0 Å². The van der Waals surface area contributed by atoms with Gasteiger partial charge in [-0.15, -0.1) is 0 Å². The monoisotopic (exact) mass is 600 g/mol. The molecule has 4 nitrogen and oxygen atoms in total. The molecule has 2 aromatic rings. The van der Waals surface area contributed by atoms with Crippen LogP contribution in [0.25, 0.3) is 6.08 Å². The molecule has 2 rings (SSSR count). The van der Waals surface area contributed by atoms with Gasteiger partial charge in [0.05, 0.1) is 38.3 Å². The fourth-order valence-electron chi connectivity index (χ4n) is 3.30. The van der Waals surface area contributed by atoms with Gasteiger partial charge in [-0.1, -0.05) is 58.6 Å². The molecule has 0 bridgehead atoms. The molecule has 0 aliphatic heterocycles. The fraction of sp³-hybridized carbons (Fsp3) is 0.280. The molecule has 13 heteroatoms. The lowest BCUT2D eigenvalue weighted by atomic mass is 9.96. The van der Waals surface area contributed by atoms with E-state index >= 15 is 0 Å². The highest BCUT2D eigenvalue weighted by Gasteiger charge is 2.40. The Bertz CT molecular complexity index is 1250. The summed E-state index contributed by atoms with van der Waals surface area (Å²) in [5.74, 6) is -3.97. The first kappa shape index (κ1) is 31.5. The number of hydrogen-bond donors (Lipinski definition) is 2. The van der Waals surface area contributed by atoms with E-state index in [1.807, 2.05) is 0 Å². The average molecular weight is 602 g/mol. The number of hydrogen-bond acceptors (Lipinski definition) is 2. The van der Waals surface area contributed by atoms with Crippen molar-refractivity contribution in [1.29, 1.82) is 0 Å². The second kappa shape index (κ2) is 12.4. The van der Waals surface area contributed by atoms with Crippen molar-refractivity contribution >= 4 is 52.7 Å². The lowest BCUT2D eigenvalue weighted by molar-refractivity contribution is -0.139. The zero-order chi connectivity index (χ0) is 29.0. The van der Waals surface area contributed by atoms with Gasteiger partial charge in [0.2, 0.25) is 5.91 Å². The normalized spacial score (nSPS) is 13.7. The Balaban J connectivity index is 2.39. The molecule has 206 valence electrons. The Kier molecular flexibility index (Phi) is 10.3. The highest BCUT2D eigenvalue weighted by molar-refractivity contribution is 6.48. The Morgan fingerprint density at radius 1 is 0.921 bits per heavy atom. The van der Waals surface area contributed by atoms with Crippen molar-refractivity contribution in [2.24, 2.45) is 0 Å². The third kappa shape index (κ3) is 8.68. The number of benzene rings is 2. The summed E-state index contributed by atoms with van der Waals surface area (Å²) >= 11 is 17.5. The minimum absolute atomic E-state index is 0.142. The maximum Gasteiger partial charge on any atom is 0.417 e. The van der Waals surface area contributed by atoms with Gasteiger partial charge in [0, 0.05) is 6.08 Å². The van der Waals surface area contributed by atoms with Crippen molar-refractivity contribution in [2.45, 2.75) is 45.2 Å². The van der Waals surface area contributed by atoms with E-state index in [2.05, 4.69) is 10.6 Å². The Labute approximate surface area is 229 Å². The van der Waals surface area contributed by atoms with E-state index in [-0.39, 0.29) is 26.2 Å². The molecule has 0 spiro atoms. The number of carbonyl (C=O) groups excluding carboxylic acids is 2. The third-order valence-corrected chi connectivity index (χ3v) is 6.12. The molecule has 2 atom stereocenters. The first-order chi connectivity index (χ1) is 17.4. The molecule has 0 aromatic heterocycles. The summed E-state index contributed by atoms with van der Waals surface area (Å²) in [5, 5.41) is 4.03. The van der Waals surface area contributed by atoms with Gasteiger partial charge in [-0.05, 0) is 56.2 Å². The van der Waals surface area contributed by atoms with Gasteiger partial charge < -0.3 is 10.6 Å². The van der Waals surface area contributed by atoms with Crippen molar-refractivity contribution < 1.29 is 35.9 Å². The molecule has 2 aromatic carbocycles. The first-order valence-electron chi connectivity index (χ1n) is 10.8. The largest absolute Gasteiger partial charge is 0.417 e. The third-order valence-electron chi connectivity index (χ3n) is 4.92. The van der Waals surface area contributed by atoms with Crippen LogP contribution in [0.3, 0.4) is 0 Å². The highest BCUT2D eigenvalue weighted by Crippen LogP contribution is 2.41. The number of nitrogens with one attached hydrogen (secondary N) is 2. The van der Waals surface area contributed by atoms with Gasteiger partial charge in [-0.2, -0.15) is 26.3 Å². The van der Waals surface area contributed by atoms with Crippen molar-refractivity contribution in [3.63, 3.8) is 0 Å². The van der Waals surface area contributed by atoms with Crippen LogP contribution in [0.15, 0.2) is 48.1 Å². The molecule has 0 saturated heterocycles. The van der Waals surface area contributed by atoms with Crippen LogP contribution >= 0.6 is 34.8 Å². The maximum atomic E-state index is 13.8. The van der Waals surface area contributed by atoms with Gasteiger partial charge in [-0.3, -0.25) is 9.59 Å². The van der Waals surface area contributed by atoms with Crippen LogP contribution in [0.4, 0.5) is 26.3 Å². The number of rotatable bonds is 7. The summed E-state index contributed by atoms with van der Waals surface area (Å²) in [7, 11) is 0. The zero-order valence-corrected chi connectivity index (χ0v) is 22.3. The van der Waals surface area contributed by atoms with Crippen molar-refractivity contribution in [3.05, 3.63) is 85.4 Å². The summed E-state index contributed by atoms with van der Waals surface area (Å²) < 4.78 is 82.5. The zero-order valence-electron chi connectivity index (χ0n) is 20.0. The Morgan fingerprint density at radius 3 is 2.00 bits per heavy atom. The van der Waals surface area contributed by atoms with Crippen molar-refractivity contribution in [3.8, 4) is 0 Å². The van der Waals surface area contributed by atoms with E-state index in [9.17, 15) is 35.9 Å². The quantitative estimate of drug-likeness (QED) is 0.146. The summed E-state index contributed by atoms with van der Waals surface area (Å²) in [6.07, 6.45) is -8.14. The molecule has 0 heterocycles. The Hall–Kier alpha value is -2.69. The summed E-state index contributed by atoms with van der Waals surface area (Å²) in [4.78, 5) is 24.3. The average Bonchev–Trinajstić information content (AvgIpc) is 2.75. The number of halogens is 9. The summed E-state index contributed by atoms with van der Waals surface area (Å²) in [6.45, 7) is 4.67. The van der Waals surface area contributed by atoms with Crippen molar-refractivity contribution in [1.82, 2.24) is 10.6 Å². The second-order valence-electron chi connectivity index (χ2n) is 8.41. The predicted molar refractivity (Wildman–Crippen MR) is 135 cm³/mol. The van der Waals surface area contributed by atoms with Crippen LogP contribution in [0, 0.1) is 0 Å². The summed E-state index contributed by atoms with van der Waals surface area (Å²) in [5.41, 5.74) is -2.11. The molecule has 0 aliphatic carbocycles. The molecule has 0 radical (unpaired) electrons. The van der Waals surface area contributed by atoms with E-state index < -0.39 is 47.4 Å². The molecular weight excluding hydrogens is 581 g/mol. The minimum atomic E-state index is -5.01. The van der Waals surface area contributed by atoms with E-state index in [0.717, 1.165) is 30.3 Å². The van der Waals surface area contributed by atoms with Crippen LogP contribution in [0.1, 0.15) is 53.7 Å². The highest BCUT2D eigenvalue weighted by atomic mass is 35.5. The molecule has 1 unspecified atom stereocenters. The van der Waals surface area contributed by atoms with E-state index in [0.29, 0.717) is 17.7 Å². The Morgan fingerprint density at radius 2 is 1.50 bits per heavy atom. The van der Waals surface area contributed by atoms with Gasteiger partial charge in [0.25, 0.3) is 5.91 Å². The van der Waals surface area contributed by atoms with Crippen LogP contribution in [-0.4, -0.2) is 24.2 Å². The second-order valence-corrected chi connectivity index (χ2v) is 9.60. The van der Waals surface area contributed by atoms with Crippen LogP contribution < -0.4 is 10.6 Å². The molecule has 38 heavy (non-hydrogen) atoms. The molecular formula is C25H21Cl3F6N2O2. The lowest BCUT2D eigenvalue weighted by Crippen LogP contribution is -2.45. The van der Waals surface area contributed by atoms with Gasteiger partial charge in [0.15, 0.2) is 0 Å². The first-order valence-corrected chi connectivity index (χ1v) is 11.9. The van der Waals surface area contributed by atoms with Gasteiger partial charge in [-0.25, -0.2) is 0 Å². The topological polar surface area (TPSA) is 58.2 Å². The van der Waals surface area contributed by atoms with Gasteiger partial charge in [0.1, 0.15) is 0 Å². The maximum absolute atomic E-state index is 13.8. The molecule has 0 saturated carbocycles. The van der Waals surface area contributed by atoms with Crippen LogP contribution in [-0.2, 0) is 11.0 Å².